The molecule has 6 heteroatoms. The normalized spacial score (nSPS) is 23.5. The van der Waals surface area contributed by atoms with Crippen LogP contribution in [0.2, 0.25) is 36.3 Å². The van der Waals surface area contributed by atoms with Crippen LogP contribution in [0.4, 0.5) is 0 Å². The fourth-order valence-electron chi connectivity index (χ4n) is 5.37. The van der Waals surface area contributed by atoms with E-state index in [1.54, 1.807) is 0 Å². The van der Waals surface area contributed by atoms with Crippen LogP contribution in [0.5, 0.6) is 0 Å². The summed E-state index contributed by atoms with van der Waals surface area (Å²) in [7, 11) is -3.13. The molecule has 1 aliphatic carbocycles. The Balaban J connectivity index is 1.94. The van der Waals surface area contributed by atoms with Gasteiger partial charge in [-0.05, 0) is 73.9 Å². The number of nitrogens with zero attached hydrogens (tertiary/aromatic N) is 1. The average Bonchev–Trinajstić information content (AvgIpc) is 3.55. The lowest BCUT2D eigenvalue weighted by atomic mass is 9.90. The fourth-order valence-corrected chi connectivity index (χ4v) is 11.2. The van der Waals surface area contributed by atoms with Gasteiger partial charge in [-0.15, -0.1) is 0 Å². The molecule has 0 unspecified atom stereocenters. The van der Waals surface area contributed by atoms with Gasteiger partial charge in [0.1, 0.15) is 0 Å². The first-order chi connectivity index (χ1) is 13.9. The third kappa shape index (κ3) is 6.16. The zero-order chi connectivity index (χ0) is 21.5. The van der Waals surface area contributed by atoms with Crippen molar-refractivity contribution in [1.82, 2.24) is 4.90 Å². The van der Waals surface area contributed by atoms with Gasteiger partial charge in [-0.2, -0.15) is 0 Å². The Morgan fingerprint density at radius 1 is 0.897 bits per heavy atom. The van der Waals surface area contributed by atoms with Crippen molar-refractivity contribution in [2.24, 2.45) is 11.1 Å². The third-order valence-corrected chi connectivity index (χ3v) is 18.0. The van der Waals surface area contributed by atoms with E-state index in [0.717, 1.165) is 19.5 Å². The molecule has 1 saturated carbocycles. The van der Waals surface area contributed by atoms with Gasteiger partial charge in [0, 0.05) is 19.6 Å². The van der Waals surface area contributed by atoms with Crippen LogP contribution >= 0.6 is 0 Å². The summed E-state index contributed by atoms with van der Waals surface area (Å²) in [5, 5.41) is 0. The van der Waals surface area contributed by atoms with Gasteiger partial charge in [0.25, 0.3) is 0 Å². The van der Waals surface area contributed by atoms with Crippen molar-refractivity contribution < 1.29 is 8.85 Å². The molecule has 2 atom stereocenters. The van der Waals surface area contributed by atoms with Crippen LogP contribution in [0.15, 0.2) is 0 Å². The van der Waals surface area contributed by atoms with Crippen LogP contribution in [-0.2, 0) is 8.85 Å². The molecular formula is C23H50N2O2Si2. The van der Waals surface area contributed by atoms with Crippen molar-refractivity contribution in [2.75, 3.05) is 26.2 Å². The lowest BCUT2D eigenvalue weighted by molar-refractivity contribution is 0.0138. The van der Waals surface area contributed by atoms with Crippen LogP contribution in [0.3, 0.4) is 0 Å². The van der Waals surface area contributed by atoms with Gasteiger partial charge in [0.2, 0.25) is 0 Å². The Labute approximate surface area is 183 Å². The van der Waals surface area contributed by atoms with Crippen LogP contribution in [0.25, 0.3) is 0 Å². The molecule has 0 amide bonds. The molecule has 2 fully saturated rings. The molecule has 0 radical (unpaired) electrons. The lowest BCUT2D eigenvalue weighted by Gasteiger charge is -2.44. The van der Waals surface area contributed by atoms with E-state index in [-0.39, 0.29) is 6.10 Å². The van der Waals surface area contributed by atoms with Crippen molar-refractivity contribution >= 4 is 16.6 Å². The van der Waals surface area contributed by atoms with Crippen molar-refractivity contribution in [3.05, 3.63) is 0 Å². The van der Waals surface area contributed by atoms with Gasteiger partial charge in [-0.1, -0.05) is 41.5 Å². The molecule has 29 heavy (non-hydrogen) atoms. The highest BCUT2D eigenvalue weighted by Gasteiger charge is 2.54. The molecule has 2 N–H and O–H groups in total. The summed E-state index contributed by atoms with van der Waals surface area (Å²) < 4.78 is 13.8. The van der Waals surface area contributed by atoms with E-state index in [0.29, 0.717) is 18.1 Å². The highest BCUT2D eigenvalue weighted by Crippen LogP contribution is 2.55. The van der Waals surface area contributed by atoms with Gasteiger partial charge in [0.05, 0.1) is 12.2 Å². The van der Waals surface area contributed by atoms with Gasteiger partial charge in [-0.25, -0.2) is 0 Å². The van der Waals surface area contributed by atoms with E-state index >= 15 is 0 Å². The van der Waals surface area contributed by atoms with E-state index in [4.69, 9.17) is 14.6 Å². The first-order valence-electron chi connectivity index (χ1n) is 12.7. The smallest absolute Gasteiger partial charge is 0.192 e. The second-order valence-corrected chi connectivity index (χ2v) is 19.2. The summed E-state index contributed by atoms with van der Waals surface area (Å²) in [6.07, 6.45) is 5.87. The Morgan fingerprint density at radius 2 is 1.45 bits per heavy atom. The second kappa shape index (κ2) is 11.2. The topological polar surface area (TPSA) is 47.7 Å². The summed E-state index contributed by atoms with van der Waals surface area (Å²) in [5.41, 5.74) is 6.66. The molecular weight excluding hydrogens is 392 g/mol. The molecule has 1 spiro atoms. The summed E-state index contributed by atoms with van der Waals surface area (Å²) in [6, 6.07) is 7.39. The third-order valence-electron chi connectivity index (χ3n) is 8.63. The van der Waals surface area contributed by atoms with E-state index in [2.05, 4.69) is 46.4 Å². The second-order valence-electron chi connectivity index (χ2n) is 9.77. The number of piperidine rings is 1. The molecule has 1 heterocycles. The van der Waals surface area contributed by atoms with E-state index in [9.17, 15) is 0 Å². The van der Waals surface area contributed by atoms with Crippen molar-refractivity contribution in [2.45, 2.75) is 116 Å². The molecule has 1 aliphatic heterocycles. The molecule has 2 rings (SSSR count). The minimum atomic E-state index is -1.58. The Bertz CT molecular complexity index is 463. The molecule has 0 aromatic carbocycles. The van der Waals surface area contributed by atoms with Gasteiger partial charge < -0.3 is 19.5 Å². The molecule has 4 nitrogen and oxygen atoms in total. The average molecular weight is 443 g/mol. The first kappa shape index (κ1) is 25.5. The fraction of sp³-hybridized carbons (Fsp3) is 1.00. The maximum atomic E-state index is 7.05. The van der Waals surface area contributed by atoms with Crippen LogP contribution < -0.4 is 5.73 Å². The highest BCUT2D eigenvalue weighted by atomic mass is 28.4. The number of hydrogen-bond acceptors (Lipinski definition) is 4. The number of rotatable bonds is 14. The maximum absolute atomic E-state index is 7.05. The summed E-state index contributed by atoms with van der Waals surface area (Å²) in [5.74, 6) is 0. The number of likely N-dealkylation sites (tertiary alicyclic amines) is 1. The monoisotopic (exact) mass is 442 g/mol. The summed E-state index contributed by atoms with van der Waals surface area (Å²) in [4.78, 5) is 2.66. The van der Waals surface area contributed by atoms with Crippen molar-refractivity contribution in [3.8, 4) is 0 Å². The molecule has 0 aromatic heterocycles. The van der Waals surface area contributed by atoms with Crippen LogP contribution in [0, 0.1) is 5.41 Å². The first-order valence-corrected chi connectivity index (χ1v) is 17.7. The molecule has 172 valence electrons. The SMILES string of the molecule is CC[Si](CC)(CC)O[C@@H](CN)CCN1CCC2(CC2)[C@H](O[Si](CC)(CC)CC)C1. The minimum absolute atomic E-state index is 0.230. The van der Waals surface area contributed by atoms with Gasteiger partial charge >= 0.3 is 0 Å². The number of hydrogen-bond donors (Lipinski definition) is 1. The van der Waals surface area contributed by atoms with E-state index < -0.39 is 16.6 Å². The predicted molar refractivity (Wildman–Crippen MR) is 131 cm³/mol. The number of nitrogens with two attached hydrogens (primary N) is 1. The van der Waals surface area contributed by atoms with Crippen molar-refractivity contribution in [1.29, 1.82) is 0 Å². The largest absolute Gasteiger partial charge is 0.413 e. The van der Waals surface area contributed by atoms with Crippen LogP contribution in [-0.4, -0.2) is 59.9 Å². The Hall–Kier alpha value is 0.274. The quantitative estimate of drug-likeness (QED) is 0.356. The van der Waals surface area contributed by atoms with Gasteiger partial charge in [-0.3, -0.25) is 0 Å². The molecule has 0 aromatic rings. The molecule has 2 aliphatic rings. The maximum Gasteiger partial charge on any atom is 0.192 e. The lowest BCUT2D eigenvalue weighted by Crippen LogP contribution is -2.52. The van der Waals surface area contributed by atoms with Crippen LogP contribution in [0.1, 0.15) is 67.2 Å². The van der Waals surface area contributed by atoms with E-state index in [1.807, 2.05) is 0 Å². The summed E-state index contributed by atoms with van der Waals surface area (Å²) >= 11 is 0. The molecule has 0 bridgehead atoms. The van der Waals surface area contributed by atoms with E-state index in [1.165, 1.54) is 62.1 Å². The minimum Gasteiger partial charge on any atom is -0.413 e. The van der Waals surface area contributed by atoms with Crippen molar-refractivity contribution in [3.63, 3.8) is 0 Å². The standard InChI is InChI=1S/C23H50N2O2Si2/c1-7-28(8-2,9-3)26-21(19-24)13-17-25-18-16-23(14-15-23)22(20-25)27-29(10-4,11-5)12-6/h21-22H,7-20,24H2,1-6H3/t21-,22-/m1/s1. The Kier molecular flexibility index (Phi) is 9.89. The van der Waals surface area contributed by atoms with Gasteiger partial charge in [0.15, 0.2) is 16.6 Å². The predicted octanol–water partition coefficient (Wildman–Crippen LogP) is 5.60. The summed E-state index contributed by atoms with van der Waals surface area (Å²) in [6.45, 7) is 18.1. The zero-order valence-electron chi connectivity index (χ0n) is 20.4. The zero-order valence-corrected chi connectivity index (χ0v) is 22.4. The highest BCUT2D eigenvalue weighted by molar-refractivity contribution is 6.74. The Morgan fingerprint density at radius 3 is 1.90 bits per heavy atom. The molecule has 1 saturated heterocycles.